The van der Waals surface area contributed by atoms with Gasteiger partial charge < -0.3 is 4.90 Å². The minimum Gasteiger partial charge on any atom is -0.319 e. The number of hydrogen-bond acceptors (Lipinski definition) is 2. The van der Waals surface area contributed by atoms with Crippen LogP contribution in [-0.4, -0.2) is 35.3 Å². The molecule has 3 nitrogen and oxygen atoms in total. The number of fused-ring (bicyclic) bond motifs is 1. The van der Waals surface area contributed by atoms with Crippen LogP contribution in [0.15, 0.2) is 24.3 Å². The van der Waals surface area contributed by atoms with Gasteiger partial charge in [-0.3, -0.25) is 9.69 Å². The molecule has 0 saturated heterocycles. The Kier molecular flexibility index (Phi) is 4.02. The van der Waals surface area contributed by atoms with Gasteiger partial charge in [-0.1, -0.05) is 39.0 Å². The van der Waals surface area contributed by atoms with Crippen LogP contribution in [0.3, 0.4) is 0 Å². The molecule has 2 rings (SSSR count). The molecule has 0 fully saturated rings. The molecule has 1 amide bonds. The quantitative estimate of drug-likeness (QED) is 0.797. The van der Waals surface area contributed by atoms with Crippen molar-refractivity contribution in [2.75, 3.05) is 19.6 Å². The Bertz CT molecular complexity index is 426. The molecule has 18 heavy (non-hydrogen) atoms. The van der Waals surface area contributed by atoms with Gasteiger partial charge in [-0.2, -0.15) is 0 Å². The second kappa shape index (κ2) is 5.53. The molecular formula is C15H22N2O. The fourth-order valence-electron chi connectivity index (χ4n) is 2.78. The van der Waals surface area contributed by atoms with Crippen LogP contribution < -0.4 is 0 Å². The van der Waals surface area contributed by atoms with Crippen molar-refractivity contribution < 1.29 is 4.79 Å². The van der Waals surface area contributed by atoms with Gasteiger partial charge in [0.25, 0.3) is 5.91 Å². The van der Waals surface area contributed by atoms with Crippen molar-refractivity contribution in [1.29, 1.82) is 0 Å². The van der Waals surface area contributed by atoms with Gasteiger partial charge in [-0.25, -0.2) is 0 Å². The molecule has 1 atom stereocenters. The molecule has 1 aromatic rings. The highest BCUT2D eigenvalue weighted by Gasteiger charge is 2.38. The second-order valence-corrected chi connectivity index (χ2v) is 4.68. The predicted octanol–water partition coefficient (Wildman–Crippen LogP) is 2.89. The van der Waals surface area contributed by atoms with E-state index in [1.165, 1.54) is 5.56 Å². The van der Waals surface area contributed by atoms with Crippen molar-refractivity contribution in [3.63, 3.8) is 0 Å². The van der Waals surface area contributed by atoms with Gasteiger partial charge in [0.1, 0.15) is 6.17 Å². The number of hydrogen-bond donors (Lipinski definition) is 0. The molecule has 0 radical (unpaired) electrons. The van der Waals surface area contributed by atoms with E-state index in [2.05, 4.69) is 31.7 Å². The first-order valence-electron chi connectivity index (χ1n) is 6.88. The lowest BCUT2D eigenvalue weighted by atomic mass is 10.1. The number of nitrogens with zero attached hydrogens (tertiary/aromatic N) is 2. The van der Waals surface area contributed by atoms with E-state index in [1.807, 2.05) is 23.1 Å². The van der Waals surface area contributed by atoms with E-state index in [1.54, 1.807) is 0 Å². The van der Waals surface area contributed by atoms with E-state index in [0.29, 0.717) is 0 Å². The monoisotopic (exact) mass is 246 g/mol. The molecule has 1 unspecified atom stereocenters. The molecule has 1 heterocycles. The van der Waals surface area contributed by atoms with Crippen LogP contribution in [0.5, 0.6) is 0 Å². The first kappa shape index (κ1) is 13.1. The Morgan fingerprint density at radius 2 is 1.83 bits per heavy atom. The summed E-state index contributed by atoms with van der Waals surface area (Å²) in [5.41, 5.74) is 2.04. The summed E-state index contributed by atoms with van der Waals surface area (Å²) in [4.78, 5) is 16.8. The van der Waals surface area contributed by atoms with Crippen LogP contribution in [0.1, 0.15) is 49.3 Å². The average Bonchev–Trinajstić information content (AvgIpc) is 2.67. The second-order valence-electron chi connectivity index (χ2n) is 4.68. The van der Waals surface area contributed by atoms with E-state index in [-0.39, 0.29) is 12.1 Å². The summed E-state index contributed by atoms with van der Waals surface area (Å²) in [7, 11) is 0. The van der Waals surface area contributed by atoms with Crippen molar-refractivity contribution >= 4 is 5.91 Å². The molecule has 1 aromatic carbocycles. The highest BCUT2D eigenvalue weighted by Crippen LogP contribution is 2.35. The Balaban J connectivity index is 2.42. The van der Waals surface area contributed by atoms with Gasteiger partial charge in [0.05, 0.1) is 0 Å². The van der Waals surface area contributed by atoms with Crippen LogP contribution in [0, 0.1) is 0 Å². The van der Waals surface area contributed by atoms with Crippen LogP contribution in [0.2, 0.25) is 0 Å². The molecule has 0 saturated carbocycles. The Hall–Kier alpha value is -1.35. The van der Waals surface area contributed by atoms with Gasteiger partial charge in [0, 0.05) is 17.7 Å². The lowest BCUT2D eigenvalue weighted by molar-refractivity contribution is 0.0429. The summed E-state index contributed by atoms with van der Waals surface area (Å²) in [6, 6.07) is 8.01. The zero-order chi connectivity index (χ0) is 13.1. The molecule has 98 valence electrons. The SMILES string of the molecule is CCCN1C(=O)c2ccccc2C1N(CC)CC. The highest BCUT2D eigenvalue weighted by atomic mass is 16.2. The van der Waals surface area contributed by atoms with E-state index >= 15 is 0 Å². The third-order valence-electron chi connectivity index (χ3n) is 3.65. The lowest BCUT2D eigenvalue weighted by Crippen LogP contribution is -2.40. The predicted molar refractivity (Wildman–Crippen MR) is 73.4 cm³/mol. The summed E-state index contributed by atoms with van der Waals surface area (Å²) in [6.07, 6.45) is 1.13. The number of benzene rings is 1. The Labute approximate surface area is 109 Å². The molecule has 0 spiro atoms. The number of carbonyl (C=O) groups is 1. The molecule has 0 N–H and O–H groups in total. The molecule has 0 aromatic heterocycles. The van der Waals surface area contributed by atoms with Crippen molar-refractivity contribution in [1.82, 2.24) is 9.80 Å². The third-order valence-corrected chi connectivity index (χ3v) is 3.65. The maximum atomic E-state index is 12.4. The average molecular weight is 246 g/mol. The summed E-state index contributed by atoms with van der Waals surface area (Å²) < 4.78 is 0. The standard InChI is InChI=1S/C15H22N2O/c1-4-11-17-14(16(5-2)6-3)12-9-7-8-10-13(12)15(17)18/h7-10,14H,4-6,11H2,1-3H3. The van der Waals surface area contributed by atoms with E-state index in [9.17, 15) is 4.79 Å². The van der Waals surface area contributed by atoms with Crippen LogP contribution in [0.25, 0.3) is 0 Å². The Morgan fingerprint density at radius 1 is 1.17 bits per heavy atom. The van der Waals surface area contributed by atoms with Gasteiger partial charge in [0.2, 0.25) is 0 Å². The summed E-state index contributed by atoms with van der Waals surface area (Å²) in [5.74, 6) is 0.185. The first-order valence-corrected chi connectivity index (χ1v) is 6.88. The maximum Gasteiger partial charge on any atom is 0.255 e. The minimum atomic E-state index is 0.128. The molecular weight excluding hydrogens is 224 g/mol. The van der Waals surface area contributed by atoms with Gasteiger partial charge in [0.15, 0.2) is 0 Å². The Morgan fingerprint density at radius 3 is 2.44 bits per heavy atom. The number of amides is 1. The summed E-state index contributed by atoms with van der Waals surface area (Å²) in [6.45, 7) is 9.17. The number of carbonyl (C=O) groups excluding carboxylic acids is 1. The van der Waals surface area contributed by atoms with E-state index in [4.69, 9.17) is 0 Å². The molecule has 3 heteroatoms. The van der Waals surface area contributed by atoms with Crippen molar-refractivity contribution in [3.8, 4) is 0 Å². The zero-order valence-corrected chi connectivity index (χ0v) is 11.5. The third kappa shape index (κ3) is 2.03. The van der Waals surface area contributed by atoms with Crippen molar-refractivity contribution in [3.05, 3.63) is 35.4 Å². The first-order chi connectivity index (χ1) is 8.74. The fraction of sp³-hybridized carbons (Fsp3) is 0.533. The van der Waals surface area contributed by atoms with Crippen LogP contribution >= 0.6 is 0 Å². The van der Waals surface area contributed by atoms with Gasteiger partial charge in [-0.15, -0.1) is 0 Å². The van der Waals surface area contributed by atoms with Crippen molar-refractivity contribution in [2.45, 2.75) is 33.4 Å². The normalized spacial score (nSPS) is 18.6. The largest absolute Gasteiger partial charge is 0.319 e. The topological polar surface area (TPSA) is 23.6 Å². The smallest absolute Gasteiger partial charge is 0.255 e. The lowest BCUT2D eigenvalue weighted by Gasteiger charge is -2.34. The summed E-state index contributed by atoms with van der Waals surface area (Å²) in [5, 5.41) is 0. The van der Waals surface area contributed by atoms with Gasteiger partial charge >= 0.3 is 0 Å². The molecule has 1 aliphatic rings. The maximum absolute atomic E-state index is 12.4. The van der Waals surface area contributed by atoms with Crippen LogP contribution in [-0.2, 0) is 0 Å². The molecule has 0 aliphatic carbocycles. The summed E-state index contributed by atoms with van der Waals surface area (Å²) >= 11 is 0. The van der Waals surface area contributed by atoms with E-state index in [0.717, 1.165) is 31.6 Å². The van der Waals surface area contributed by atoms with Crippen molar-refractivity contribution in [2.24, 2.45) is 0 Å². The highest BCUT2D eigenvalue weighted by molar-refractivity contribution is 5.99. The number of rotatable bonds is 5. The zero-order valence-electron chi connectivity index (χ0n) is 11.5. The van der Waals surface area contributed by atoms with E-state index < -0.39 is 0 Å². The van der Waals surface area contributed by atoms with Gasteiger partial charge in [-0.05, 0) is 25.6 Å². The fourth-order valence-corrected chi connectivity index (χ4v) is 2.78. The molecule has 1 aliphatic heterocycles. The molecule has 0 bridgehead atoms. The minimum absolute atomic E-state index is 0.128. The van der Waals surface area contributed by atoms with Crippen LogP contribution in [0.4, 0.5) is 0 Å².